The SMILES string of the molecule is Cc1ccc(C)c(C(C)N2C3CCC2CC(N)C3)c1. The predicted molar refractivity (Wildman–Crippen MR) is 80.2 cm³/mol. The first-order chi connectivity index (χ1) is 9.06. The third-order valence-corrected chi connectivity index (χ3v) is 5.16. The van der Waals surface area contributed by atoms with Crippen LogP contribution in [-0.4, -0.2) is 23.0 Å². The molecule has 2 N–H and O–H groups in total. The molecule has 2 aliphatic rings. The van der Waals surface area contributed by atoms with E-state index in [2.05, 4.69) is 43.9 Å². The van der Waals surface area contributed by atoms with Gasteiger partial charge in [0.15, 0.2) is 0 Å². The zero-order valence-electron chi connectivity index (χ0n) is 12.4. The highest BCUT2D eigenvalue weighted by molar-refractivity contribution is 5.33. The molecule has 19 heavy (non-hydrogen) atoms. The van der Waals surface area contributed by atoms with Crippen LogP contribution >= 0.6 is 0 Å². The summed E-state index contributed by atoms with van der Waals surface area (Å²) in [5, 5.41) is 0. The molecule has 2 heterocycles. The number of rotatable bonds is 2. The summed E-state index contributed by atoms with van der Waals surface area (Å²) in [4.78, 5) is 2.76. The molecule has 3 rings (SSSR count). The van der Waals surface area contributed by atoms with Gasteiger partial charge in [0, 0.05) is 24.2 Å². The Bertz CT molecular complexity index is 454. The zero-order valence-corrected chi connectivity index (χ0v) is 12.4. The average Bonchev–Trinajstić information content (AvgIpc) is 2.64. The minimum atomic E-state index is 0.430. The maximum absolute atomic E-state index is 6.18. The van der Waals surface area contributed by atoms with Crippen LogP contribution in [0.4, 0.5) is 0 Å². The molecule has 2 heteroatoms. The molecule has 2 fully saturated rings. The summed E-state index contributed by atoms with van der Waals surface area (Å²) >= 11 is 0. The van der Waals surface area contributed by atoms with Gasteiger partial charge in [-0.25, -0.2) is 0 Å². The summed E-state index contributed by atoms with van der Waals surface area (Å²) in [5.41, 5.74) is 10.5. The Hall–Kier alpha value is -0.860. The Morgan fingerprint density at radius 2 is 1.79 bits per heavy atom. The van der Waals surface area contributed by atoms with Gasteiger partial charge in [-0.1, -0.05) is 23.8 Å². The van der Waals surface area contributed by atoms with E-state index in [1.54, 1.807) is 0 Å². The lowest BCUT2D eigenvalue weighted by Gasteiger charge is -2.42. The Morgan fingerprint density at radius 1 is 1.16 bits per heavy atom. The van der Waals surface area contributed by atoms with Crippen molar-refractivity contribution in [1.29, 1.82) is 0 Å². The molecule has 0 aliphatic carbocycles. The summed E-state index contributed by atoms with van der Waals surface area (Å²) in [7, 11) is 0. The van der Waals surface area contributed by atoms with Gasteiger partial charge in [0.25, 0.3) is 0 Å². The van der Waals surface area contributed by atoms with Crippen molar-refractivity contribution >= 4 is 0 Å². The normalized spacial score (nSPS) is 32.5. The number of aryl methyl sites for hydroxylation is 2. The van der Waals surface area contributed by atoms with E-state index >= 15 is 0 Å². The largest absolute Gasteiger partial charge is 0.328 e. The monoisotopic (exact) mass is 258 g/mol. The number of piperidine rings is 1. The topological polar surface area (TPSA) is 29.3 Å². The van der Waals surface area contributed by atoms with E-state index in [4.69, 9.17) is 5.73 Å². The lowest BCUT2D eigenvalue weighted by molar-refractivity contribution is 0.0851. The van der Waals surface area contributed by atoms with Crippen molar-refractivity contribution in [2.24, 2.45) is 5.73 Å². The standard InChI is InChI=1S/C17H26N2/c1-11-4-5-12(2)17(8-11)13(3)19-15-6-7-16(19)10-14(18)9-15/h4-5,8,13-16H,6-7,9-10,18H2,1-3H3. The van der Waals surface area contributed by atoms with Crippen molar-refractivity contribution in [1.82, 2.24) is 4.90 Å². The van der Waals surface area contributed by atoms with Gasteiger partial charge in [0.05, 0.1) is 0 Å². The minimum absolute atomic E-state index is 0.430. The van der Waals surface area contributed by atoms with Crippen LogP contribution in [0.5, 0.6) is 0 Å². The quantitative estimate of drug-likeness (QED) is 0.881. The molecule has 3 unspecified atom stereocenters. The lowest BCUT2D eigenvalue weighted by Crippen LogP contribution is -2.48. The number of hydrogen-bond donors (Lipinski definition) is 1. The second-order valence-electron chi connectivity index (χ2n) is 6.60. The highest BCUT2D eigenvalue weighted by atomic mass is 15.2. The van der Waals surface area contributed by atoms with Crippen LogP contribution < -0.4 is 5.73 Å². The van der Waals surface area contributed by atoms with Gasteiger partial charge in [-0.05, 0) is 57.6 Å². The highest BCUT2D eigenvalue weighted by Gasteiger charge is 2.42. The van der Waals surface area contributed by atoms with Crippen molar-refractivity contribution in [3.8, 4) is 0 Å². The minimum Gasteiger partial charge on any atom is -0.328 e. The summed E-state index contributed by atoms with van der Waals surface area (Å²) in [6.07, 6.45) is 5.05. The van der Waals surface area contributed by atoms with Gasteiger partial charge in [0.2, 0.25) is 0 Å². The summed E-state index contributed by atoms with van der Waals surface area (Å²) in [6.45, 7) is 6.81. The fourth-order valence-corrected chi connectivity index (χ4v) is 4.26. The Balaban J connectivity index is 1.88. The van der Waals surface area contributed by atoms with E-state index in [9.17, 15) is 0 Å². The molecule has 3 atom stereocenters. The number of nitrogens with zero attached hydrogens (tertiary/aromatic N) is 1. The van der Waals surface area contributed by atoms with Crippen molar-refractivity contribution in [3.63, 3.8) is 0 Å². The molecule has 0 saturated carbocycles. The first kappa shape index (κ1) is 13.1. The molecule has 0 spiro atoms. The molecule has 0 amide bonds. The molecule has 104 valence electrons. The van der Waals surface area contributed by atoms with Gasteiger partial charge in [-0.3, -0.25) is 4.90 Å². The van der Waals surface area contributed by atoms with Gasteiger partial charge in [-0.15, -0.1) is 0 Å². The van der Waals surface area contributed by atoms with E-state index in [0.717, 1.165) is 0 Å². The van der Waals surface area contributed by atoms with Crippen LogP contribution in [0, 0.1) is 13.8 Å². The predicted octanol–water partition coefficient (Wildman–Crippen LogP) is 3.32. The van der Waals surface area contributed by atoms with Crippen molar-refractivity contribution in [2.75, 3.05) is 0 Å². The molecule has 2 saturated heterocycles. The van der Waals surface area contributed by atoms with Crippen LogP contribution in [0.3, 0.4) is 0 Å². The number of fused-ring (bicyclic) bond motifs is 2. The van der Waals surface area contributed by atoms with Crippen LogP contribution in [-0.2, 0) is 0 Å². The first-order valence-corrected chi connectivity index (χ1v) is 7.66. The van der Waals surface area contributed by atoms with E-state index in [0.29, 0.717) is 24.2 Å². The second-order valence-corrected chi connectivity index (χ2v) is 6.60. The fraction of sp³-hybridized carbons (Fsp3) is 0.647. The Kier molecular flexibility index (Phi) is 3.40. The maximum Gasteiger partial charge on any atom is 0.0328 e. The van der Waals surface area contributed by atoms with Gasteiger partial charge < -0.3 is 5.73 Å². The molecular formula is C17H26N2. The van der Waals surface area contributed by atoms with Crippen molar-refractivity contribution in [2.45, 2.75) is 70.6 Å². The Morgan fingerprint density at radius 3 is 2.42 bits per heavy atom. The van der Waals surface area contributed by atoms with E-state index < -0.39 is 0 Å². The summed E-state index contributed by atoms with van der Waals surface area (Å²) < 4.78 is 0. The molecule has 1 aromatic rings. The third-order valence-electron chi connectivity index (χ3n) is 5.16. The second kappa shape index (κ2) is 4.92. The summed E-state index contributed by atoms with van der Waals surface area (Å²) in [6, 6.07) is 9.23. The molecular weight excluding hydrogens is 232 g/mol. The Labute approximate surface area is 117 Å². The van der Waals surface area contributed by atoms with Crippen molar-refractivity contribution < 1.29 is 0 Å². The highest BCUT2D eigenvalue weighted by Crippen LogP contribution is 2.41. The van der Waals surface area contributed by atoms with Gasteiger partial charge >= 0.3 is 0 Å². The van der Waals surface area contributed by atoms with Gasteiger partial charge in [0.1, 0.15) is 0 Å². The fourth-order valence-electron chi connectivity index (χ4n) is 4.26. The first-order valence-electron chi connectivity index (χ1n) is 7.66. The lowest BCUT2D eigenvalue weighted by atomic mass is 9.92. The molecule has 2 aliphatic heterocycles. The molecule has 0 aromatic heterocycles. The van der Waals surface area contributed by atoms with Crippen LogP contribution in [0.1, 0.15) is 55.3 Å². The van der Waals surface area contributed by atoms with E-state index in [-0.39, 0.29) is 0 Å². The van der Waals surface area contributed by atoms with E-state index in [1.807, 2.05) is 0 Å². The van der Waals surface area contributed by atoms with Gasteiger partial charge in [-0.2, -0.15) is 0 Å². The molecule has 0 radical (unpaired) electrons. The number of nitrogens with two attached hydrogens (primary N) is 1. The number of benzene rings is 1. The molecule has 1 aromatic carbocycles. The van der Waals surface area contributed by atoms with Crippen molar-refractivity contribution in [3.05, 3.63) is 34.9 Å². The zero-order chi connectivity index (χ0) is 13.6. The molecule has 2 nitrogen and oxygen atoms in total. The molecule has 2 bridgehead atoms. The average molecular weight is 258 g/mol. The number of hydrogen-bond acceptors (Lipinski definition) is 2. The third kappa shape index (κ3) is 2.32. The summed E-state index contributed by atoms with van der Waals surface area (Å²) in [5.74, 6) is 0. The smallest absolute Gasteiger partial charge is 0.0328 e. The van der Waals surface area contributed by atoms with Crippen LogP contribution in [0.15, 0.2) is 18.2 Å². The van der Waals surface area contributed by atoms with Crippen LogP contribution in [0.25, 0.3) is 0 Å². The van der Waals surface area contributed by atoms with Crippen LogP contribution in [0.2, 0.25) is 0 Å². The van der Waals surface area contributed by atoms with E-state index in [1.165, 1.54) is 42.4 Å². The maximum atomic E-state index is 6.18.